The first kappa shape index (κ1) is 14.5. The van der Waals surface area contributed by atoms with Gasteiger partial charge in [-0.1, -0.05) is 41.4 Å². The SMILES string of the molecule is CCCCN(CCBr)Cc1ccc(I)cc1. The molecule has 0 aliphatic heterocycles. The average Bonchev–Trinajstić information content (AvgIpc) is 2.29. The van der Waals surface area contributed by atoms with Crippen LogP contribution in [0.2, 0.25) is 0 Å². The molecule has 90 valence electrons. The highest BCUT2D eigenvalue weighted by molar-refractivity contribution is 14.1. The van der Waals surface area contributed by atoms with Gasteiger partial charge < -0.3 is 0 Å². The summed E-state index contributed by atoms with van der Waals surface area (Å²) in [5.41, 5.74) is 1.41. The summed E-state index contributed by atoms with van der Waals surface area (Å²) in [7, 11) is 0. The Kier molecular flexibility index (Phi) is 7.66. The molecule has 0 radical (unpaired) electrons. The topological polar surface area (TPSA) is 3.24 Å². The van der Waals surface area contributed by atoms with Crippen LogP contribution in [0, 0.1) is 3.57 Å². The van der Waals surface area contributed by atoms with E-state index < -0.39 is 0 Å². The maximum absolute atomic E-state index is 3.52. The van der Waals surface area contributed by atoms with Crippen LogP contribution in [-0.2, 0) is 6.54 Å². The molecular weight excluding hydrogens is 377 g/mol. The third-order valence-electron chi connectivity index (χ3n) is 2.55. The first-order valence-corrected chi connectivity index (χ1v) is 7.99. The van der Waals surface area contributed by atoms with Crippen molar-refractivity contribution in [2.24, 2.45) is 0 Å². The first-order valence-electron chi connectivity index (χ1n) is 5.79. The number of hydrogen-bond donors (Lipinski definition) is 0. The molecular formula is C13H19BrIN. The highest BCUT2D eigenvalue weighted by Gasteiger charge is 2.04. The van der Waals surface area contributed by atoms with Crippen molar-refractivity contribution in [2.45, 2.75) is 26.3 Å². The second kappa shape index (κ2) is 8.48. The van der Waals surface area contributed by atoms with E-state index in [-0.39, 0.29) is 0 Å². The Hall–Kier alpha value is 0.390. The predicted molar refractivity (Wildman–Crippen MR) is 83.1 cm³/mol. The van der Waals surface area contributed by atoms with E-state index in [0.717, 1.165) is 18.4 Å². The van der Waals surface area contributed by atoms with E-state index in [0.29, 0.717) is 0 Å². The molecule has 0 saturated carbocycles. The van der Waals surface area contributed by atoms with E-state index in [9.17, 15) is 0 Å². The summed E-state index contributed by atoms with van der Waals surface area (Å²) < 4.78 is 1.31. The van der Waals surface area contributed by atoms with E-state index in [1.54, 1.807) is 0 Å². The fourth-order valence-electron chi connectivity index (χ4n) is 1.62. The fourth-order valence-corrected chi connectivity index (χ4v) is 2.48. The average molecular weight is 396 g/mol. The predicted octanol–water partition coefficient (Wildman–Crippen LogP) is 4.29. The van der Waals surface area contributed by atoms with Crippen molar-refractivity contribution in [1.29, 1.82) is 0 Å². The summed E-state index contributed by atoms with van der Waals surface area (Å²) in [6.07, 6.45) is 2.56. The summed E-state index contributed by atoms with van der Waals surface area (Å²) >= 11 is 5.87. The van der Waals surface area contributed by atoms with Crippen molar-refractivity contribution in [3.63, 3.8) is 0 Å². The number of halogens is 2. The molecule has 0 saturated heterocycles. The van der Waals surface area contributed by atoms with Crippen LogP contribution in [0.5, 0.6) is 0 Å². The van der Waals surface area contributed by atoms with Crippen molar-refractivity contribution >= 4 is 38.5 Å². The smallest absolute Gasteiger partial charge is 0.0234 e. The van der Waals surface area contributed by atoms with Gasteiger partial charge in [-0.3, -0.25) is 4.90 Å². The minimum absolute atomic E-state index is 1.06. The normalized spacial score (nSPS) is 11.0. The maximum Gasteiger partial charge on any atom is 0.0234 e. The number of nitrogens with zero attached hydrogens (tertiary/aromatic N) is 1. The fraction of sp³-hybridized carbons (Fsp3) is 0.538. The van der Waals surface area contributed by atoms with Gasteiger partial charge in [-0.15, -0.1) is 0 Å². The van der Waals surface area contributed by atoms with E-state index >= 15 is 0 Å². The zero-order valence-corrected chi connectivity index (χ0v) is 13.5. The first-order chi connectivity index (χ1) is 7.76. The van der Waals surface area contributed by atoms with Crippen LogP contribution in [0.1, 0.15) is 25.3 Å². The van der Waals surface area contributed by atoms with E-state index in [2.05, 4.69) is 74.6 Å². The minimum Gasteiger partial charge on any atom is -0.298 e. The van der Waals surface area contributed by atoms with Crippen LogP contribution in [-0.4, -0.2) is 23.3 Å². The highest BCUT2D eigenvalue weighted by Crippen LogP contribution is 2.10. The molecule has 0 N–H and O–H groups in total. The van der Waals surface area contributed by atoms with Gasteiger partial charge in [0.1, 0.15) is 0 Å². The van der Waals surface area contributed by atoms with E-state index in [1.807, 2.05) is 0 Å². The van der Waals surface area contributed by atoms with Gasteiger partial charge in [0.15, 0.2) is 0 Å². The van der Waals surface area contributed by atoms with Gasteiger partial charge in [-0.2, -0.15) is 0 Å². The van der Waals surface area contributed by atoms with Crippen LogP contribution < -0.4 is 0 Å². The van der Waals surface area contributed by atoms with Crippen LogP contribution in [0.3, 0.4) is 0 Å². The van der Waals surface area contributed by atoms with Gasteiger partial charge in [0.2, 0.25) is 0 Å². The number of rotatable bonds is 7. The molecule has 0 atom stereocenters. The molecule has 0 aliphatic carbocycles. The molecule has 0 aliphatic rings. The van der Waals surface area contributed by atoms with Crippen molar-refractivity contribution in [1.82, 2.24) is 4.90 Å². The lowest BCUT2D eigenvalue weighted by molar-refractivity contribution is 0.278. The molecule has 0 bridgehead atoms. The Balaban J connectivity index is 2.49. The van der Waals surface area contributed by atoms with E-state index in [1.165, 1.54) is 28.5 Å². The van der Waals surface area contributed by atoms with Gasteiger partial charge >= 0.3 is 0 Å². The number of unbranched alkanes of at least 4 members (excludes halogenated alkanes) is 1. The lowest BCUT2D eigenvalue weighted by Gasteiger charge is -2.21. The number of alkyl halides is 1. The van der Waals surface area contributed by atoms with Gasteiger partial charge in [0.05, 0.1) is 0 Å². The van der Waals surface area contributed by atoms with Gasteiger partial charge in [-0.05, 0) is 53.3 Å². The van der Waals surface area contributed by atoms with Crippen molar-refractivity contribution in [3.8, 4) is 0 Å². The molecule has 1 nitrogen and oxygen atoms in total. The standard InChI is InChI=1S/C13H19BrIN/c1-2-3-9-16(10-8-14)11-12-4-6-13(15)7-5-12/h4-7H,2-3,8-11H2,1H3. The highest BCUT2D eigenvalue weighted by atomic mass is 127. The largest absolute Gasteiger partial charge is 0.298 e. The third kappa shape index (κ3) is 5.64. The van der Waals surface area contributed by atoms with Gasteiger partial charge in [0.25, 0.3) is 0 Å². The maximum atomic E-state index is 3.52. The Bertz CT molecular complexity index is 286. The lowest BCUT2D eigenvalue weighted by Crippen LogP contribution is -2.26. The van der Waals surface area contributed by atoms with Crippen LogP contribution in [0.4, 0.5) is 0 Å². The number of benzene rings is 1. The van der Waals surface area contributed by atoms with Crippen LogP contribution in [0.25, 0.3) is 0 Å². The summed E-state index contributed by atoms with van der Waals surface area (Å²) in [6, 6.07) is 8.83. The number of hydrogen-bond acceptors (Lipinski definition) is 1. The van der Waals surface area contributed by atoms with Gasteiger partial charge in [0, 0.05) is 22.0 Å². The molecule has 0 aromatic heterocycles. The molecule has 1 aromatic carbocycles. The molecule has 0 heterocycles. The second-order valence-corrected chi connectivity index (χ2v) is 5.98. The van der Waals surface area contributed by atoms with Crippen LogP contribution >= 0.6 is 38.5 Å². The Morgan fingerprint density at radius 1 is 1.19 bits per heavy atom. The quantitative estimate of drug-likeness (QED) is 0.491. The molecule has 0 fully saturated rings. The summed E-state index contributed by atoms with van der Waals surface area (Å²) in [5, 5.41) is 1.06. The van der Waals surface area contributed by atoms with E-state index in [4.69, 9.17) is 0 Å². The Morgan fingerprint density at radius 3 is 2.44 bits per heavy atom. The van der Waals surface area contributed by atoms with Gasteiger partial charge in [-0.25, -0.2) is 0 Å². The van der Waals surface area contributed by atoms with Crippen molar-refractivity contribution in [2.75, 3.05) is 18.4 Å². The Morgan fingerprint density at radius 2 is 1.88 bits per heavy atom. The molecule has 0 unspecified atom stereocenters. The second-order valence-electron chi connectivity index (χ2n) is 3.95. The molecule has 0 spiro atoms. The zero-order chi connectivity index (χ0) is 11.8. The Labute approximate surface area is 121 Å². The zero-order valence-electron chi connectivity index (χ0n) is 9.76. The molecule has 0 amide bonds. The third-order valence-corrected chi connectivity index (χ3v) is 3.62. The molecule has 3 heteroatoms. The summed E-state index contributed by atoms with van der Waals surface area (Å²) in [6.45, 7) is 5.65. The minimum atomic E-state index is 1.06. The summed E-state index contributed by atoms with van der Waals surface area (Å²) in [4.78, 5) is 2.51. The molecule has 1 rings (SSSR count). The van der Waals surface area contributed by atoms with Crippen molar-refractivity contribution < 1.29 is 0 Å². The molecule has 1 aromatic rings. The lowest BCUT2D eigenvalue weighted by atomic mass is 10.2. The van der Waals surface area contributed by atoms with Crippen molar-refractivity contribution in [3.05, 3.63) is 33.4 Å². The summed E-state index contributed by atoms with van der Waals surface area (Å²) in [5.74, 6) is 0. The monoisotopic (exact) mass is 395 g/mol. The van der Waals surface area contributed by atoms with Crippen LogP contribution in [0.15, 0.2) is 24.3 Å². The molecule has 16 heavy (non-hydrogen) atoms.